The summed E-state index contributed by atoms with van der Waals surface area (Å²) in [5, 5.41) is 7.17. The minimum Gasteiger partial charge on any atom is -0.349 e. The van der Waals surface area contributed by atoms with Crippen LogP contribution in [0, 0.1) is 5.92 Å². The van der Waals surface area contributed by atoms with Crippen LogP contribution in [0.1, 0.15) is 19.5 Å². The predicted molar refractivity (Wildman–Crippen MR) is 95.2 cm³/mol. The zero-order valence-electron chi connectivity index (χ0n) is 12.8. The third-order valence-electron chi connectivity index (χ3n) is 3.05. The lowest BCUT2D eigenvalue weighted by atomic mass is 10.1. The van der Waals surface area contributed by atoms with Gasteiger partial charge in [-0.3, -0.25) is 14.0 Å². The van der Waals surface area contributed by atoms with E-state index in [-0.39, 0.29) is 49.1 Å². The average Bonchev–Trinajstić information content (AvgIpc) is 3.02. The van der Waals surface area contributed by atoms with Crippen molar-refractivity contribution >= 4 is 52.9 Å². The molecule has 0 saturated heterocycles. The van der Waals surface area contributed by atoms with E-state index in [2.05, 4.69) is 15.6 Å². The van der Waals surface area contributed by atoms with E-state index >= 15 is 0 Å². The largest absolute Gasteiger partial charge is 0.349 e. The molecule has 0 saturated carbocycles. The predicted octanol–water partition coefficient (Wildman–Crippen LogP) is 0.955. The average molecular weight is 382 g/mol. The van der Waals surface area contributed by atoms with E-state index in [0.29, 0.717) is 6.54 Å². The maximum atomic E-state index is 11.7. The molecule has 2 rings (SSSR count). The molecule has 10 heteroatoms. The van der Waals surface area contributed by atoms with Crippen molar-refractivity contribution in [1.29, 1.82) is 0 Å². The number of rotatable bonds is 6. The minimum atomic E-state index is -0.599. The van der Waals surface area contributed by atoms with Crippen molar-refractivity contribution in [3.63, 3.8) is 0 Å². The van der Waals surface area contributed by atoms with E-state index in [4.69, 9.17) is 5.73 Å². The van der Waals surface area contributed by atoms with E-state index in [1.165, 1.54) is 11.3 Å². The zero-order valence-corrected chi connectivity index (χ0v) is 15.3. The van der Waals surface area contributed by atoms with Gasteiger partial charge in [0.15, 0.2) is 4.96 Å². The maximum absolute atomic E-state index is 11.7. The van der Waals surface area contributed by atoms with Crippen LogP contribution in [0.3, 0.4) is 0 Å². The quantitative estimate of drug-likeness (QED) is 0.693. The van der Waals surface area contributed by atoms with Gasteiger partial charge >= 0.3 is 0 Å². The fourth-order valence-corrected chi connectivity index (χ4v) is 2.42. The van der Waals surface area contributed by atoms with Crippen LogP contribution in [-0.2, 0) is 16.1 Å². The monoisotopic (exact) mass is 381 g/mol. The molecule has 0 aromatic carbocycles. The van der Waals surface area contributed by atoms with Crippen LogP contribution in [0.4, 0.5) is 0 Å². The highest BCUT2D eigenvalue weighted by Gasteiger charge is 2.17. The van der Waals surface area contributed by atoms with Crippen molar-refractivity contribution in [2.45, 2.75) is 26.4 Å². The Morgan fingerprint density at radius 3 is 2.65 bits per heavy atom. The van der Waals surface area contributed by atoms with Crippen LogP contribution in [0.2, 0.25) is 0 Å². The Morgan fingerprint density at radius 1 is 1.35 bits per heavy atom. The second-order valence-corrected chi connectivity index (χ2v) is 5.96. The summed E-state index contributed by atoms with van der Waals surface area (Å²) in [7, 11) is 0. The van der Waals surface area contributed by atoms with Crippen molar-refractivity contribution in [1.82, 2.24) is 20.0 Å². The number of halogens is 2. The highest BCUT2D eigenvalue weighted by Crippen LogP contribution is 2.10. The summed E-state index contributed by atoms with van der Waals surface area (Å²) in [6, 6.07) is -0.599. The van der Waals surface area contributed by atoms with Crippen LogP contribution in [-0.4, -0.2) is 33.8 Å². The summed E-state index contributed by atoms with van der Waals surface area (Å²) in [5.41, 5.74) is 6.47. The van der Waals surface area contributed by atoms with Gasteiger partial charge in [-0.15, -0.1) is 36.2 Å². The topological polar surface area (TPSA) is 102 Å². The number of aromatic nitrogens is 2. The molecule has 2 aromatic heterocycles. The number of fused-ring (bicyclic) bond motifs is 1. The van der Waals surface area contributed by atoms with Crippen LogP contribution >= 0.6 is 36.2 Å². The van der Waals surface area contributed by atoms with Gasteiger partial charge in [0.1, 0.15) is 0 Å². The number of hydrogen-bond donors (Lipinski definition) is 3. The summed E-state index contributed by atoms with van der Waals surface area (Å²) >= 11 is 1.53. The molecule has 2 aromatic rings. The molecule has 0 aliphatic rings. The molecule has 0 spiro atoms. The summed E-state index contributed by atoms with van der Waals surface area (Å²) in [5.74, 6) is -0.551. The highest BCUT2D eigenvalue weighted by atomic mass is 35.5. The van der Waals surface area contributed by atoms with Crippen molar-refractivity contribution in [3.8, 4) is 0 Å². The number of carbonyl (C=O) groups excluding carboxylic acids is 2. The Labute approximate surface area is 150 Å². The van der Waals surface area contributed by atoms with Gasteiger partial charge in [0, 0.05) is 17.8 Å². The highest BCUT2D eigenvalue weighted by molar-refractivity contribution is 7.15. The van der Waals surface area contributed by atoms with Crippen LogP contribution in [0.25, 0.3) is 4.96 Å². The number of thiazole rings is 1. The Hall–Kier alpha value is -1.35. The van der Waals surface area contributed by atoms with Crippen LogP contribution in [0.15, 0.2) is 17.8 Å². The number of carbonyl (C=O) groups is 2. The Morgan fingerprint density at radius 2 is 2.04 bits per heavy atom. The third-order valence-corrected chi connectivity index (χ3v) is 3.82. The zero-order chi connectivity index (χ0) is 15.4. The number of nitrogens with two attached hydrogens (primary N) is 1. The van der Waals surface area contributed by atoms with Gasteiger partial charge in [-0.2, -0.15) is 0 Å². The fourth-order valence-electron chi connectivity index (χ4n) is 1.70. The van der Waals surface area contributed by atoms with Gasteiger partial charge in [-0.25, -0.2) is 4.98 Å². The fraction of sp³-hybridized carbons (Fsp3) is 0.462. The lowest BCUT2D eigenvalue weighted by Crippen LogP contribution is -2.47. The lowest BCUT2D eigenvalue weighted by molar-refractivity contribution is -0.127. The summed E-state index contributed by atoms with van der Waals surface area (Å²) in [6.45, 7) is 3.96. The molecule has 0 radical (unpaired) electrons. The second-order valence-electron chi connectivity index (χ2n) is 5.09. The van der Waals surface area contributed by atoms with Crippen molar-refractivity contribution in [2.24, 2.45) is 11.7 Å². The standard InChI is InChI=1S/C13H19N5O2S.2ClH/c1-8(2)11(14)12(20)16-6-10(19)15-5-9-7-18-3-4-21-13(18)17-9;;/h3-4,7-8,11H,5-6,14H2,1-2H3,(H,15,19)(H,16,20);2*1H/t11-;;/m0../s1. The molecule has 2 amide bonds. The van der Waals surface area contributed by atoms with E-state index in [1.807, 2.05) is 36.0 Å². The molecular weight excluding hydrogens is 361 g/mol. The summed E-state index contributed by atoms with van der Waals surface area (Å²) < 4.78 is 1.90. The van der Waals surface area contributed by atoms with E-state index < -0.39 is 6.04 Å². The van der Waals surface area contributed by atoms with Gasteiger partial charge in [0.05, 0.1) is 24.8 Å². The van der Waals surface area contributed by atoms with Crippen molar-refractivity contribution in [3.05, 3.63) is 23.5 Å². The molecular formula is C13H21Cl2N5O2S. The number of imidazole rings is 1. The number of amides is 2. The third kappa shape index (κ3) is 5.98. The number of nitrogens with zero attached hydrogens (tertiary/aromatic N) is 2. The lowest BCUT2D eigenvalue weighted by Gasteiger charge is -2.14. The molecule has 0 unspecified atom stereocenters. The first kappa shape index (κ1) is 21.6. The van der Waals surface area contributed by atoms with Gasteiger partial charge in [0.25, 0.3) is 0 Å². The Kier molecular flexibility index (Phi) is 9.14. The molecule has 23 heavy (non-hydrogen) atoms. The summed E-state index contributed by atoms with van der Waals surface area (Å²) in [6.07, 6.45) is 3.77. The van der Waals surface area contributed by atoms with Gasteiger partial charge in [-0.05, 0) is 5.92 Å². The Balaban J connectivity index is 0.00000242. The van der Waals surface area contributed by atoms with E-state index in [1.54, 1.807) is 0 Å². The molecule has 130 valence electrons. The molecule has 2 heterocycles. The first-order valence-corrected chi connectivity index (χ1v) is 7.56. The SMILES string of the molecule is CC(C)[C@H](N)C(=O)NCC(=O)NCc1cn2ccsc2n1.Cl.Cl. The smallest absolute Gasteiger partial charge is 0.239 e. The molecule has 0 bridgehead atoms. The van der Waals surface area contributed by atoms with Crippen molar-refractivity contribution in [2.75, 3.05) is 6.54 Å². The second kappa shape index (κ2) is 9.71. The maximum Gasteiger partial charge on any atom is 0.239 e. The normalized spacial score (nSPS) is 11.5. The van der Waals surface area contributed by atoms with Gasteiger partial charge < -0.3 is 16.4 Å². The summed E-state index contributed by atoms with van der Waals surface area (Å²) in [4.78, 5) is 28.5. The molecule has 7 nitrogen and oxygen atoms in total. The number of hydrogen-bond acceptors (Lipinski definition) is 5. The van der Waals surface area contributed by atoms with Crippen LogP contribution in [0.5, 0.6) is 0 Å². The van der Waals surface area contributed by atoms with Crippen molar-refractivity contribution < 1.29 is 9.59 Å². The number of nitrogens with one attached hydrogen (secondary N) is 2. The van der Waals surface area contributed by atoms with Gasteiger partial charge in [0.2, 0.25) is 11.8 Å². The van der Waals surface area contributed by atoms with Gasteiger partial charge in [-0.1, -0.05) is 13.8 Å². The molecule has 4 N–H and O–H groups in total. The minimum absolute atomic E-state index is 0. The molecule has 1 atom stereocenters. The molecule has 0 aliphatic heterocycles. The first-order valence-electron chi connectivity index (χ1n) is 6.68. The van der Waals surface area contributed by atoms with E-state index in [9.17, 15) is 9.59 Å². The molecule has 0 aliphatic carbocycles. The first-order chi connectivity index (χ1) is 9.97. The Bertz CT molecular complexity index is 615. The molecule has 0 fully saturated rings. The van der Waals surface area contributed by atoms with E-state index in [0.717, 1.165) is 10.7 Å². The van der Waals surface area contributed by atoms with Crippen LogP contribution < -0.4 is 16.4 Å².